The molecule has 0 heterocycles. The Bertz CT molecular complexity index is 364. The molecule has 82 valence electrons. The molecule has 0 aliphatic carbocycles. The van der Waals surface area contributed by atoms with Crippen LogP contribution >= 0.6 is 0 Å². The first-order chi connectivity index (χ1) is 7.10. The van der Waals surface area contributed by atoms with E-state index in [0.29, 0.717) is 5.75 Å². The summed E-state index contributed by atoms with van der Waals surface area (Å²) in [5.74, 6) is -0.158. The van der Waals surface area contributed by atoms with Crippen molar-refractivity contribution in [3.05, 3.63) is 23.8 Å². The van der Waals surface area contributed by atoms with E-state index in [9.17, 15) is 9.90 Å². The Morgan fingerprint density at radius 2 is 2.13 bits per heavy atom. The van der Waals surface area contributed by atoms with Crippen LogP contribution in [-0.2, 0) is 9.53 Å². The van der Waals surface area contributed by atoms with E-state index >= 15 is 0 Å². The normalized spacial score (nSPS) is 11.9. The Morgan fingerprint density at radius 3 is 2.67 bits per heavy atom. The van der Waals surface area contributed by atoms with Crippen LogP contribution in [0.2, 0.25) is 0 Å². The predicted octanol–water partition coefficient (Wildman–Crippen LogP) is 0.574. The molecular formula is C10H13NO4. The van der Waals surface area contributed by atoms with Crippen molar-refractivity contribution in [3.63, 3.8) is 0 Å². The van der Waals surface area contributed by atoms with Gasteiger partial charge in [-0.25, -0.2) is 0 Å². The topological polar surface area (TPSA) is 81.8 Å². The van der Waals surface area contributed by atoms with E-state index in [-0.39, 0.29) is 11.3 Å². The summed E-state index contributed by atoms with van der Waals surface area (Å²) in [4.78, 5) is 11.2. The number of aromatic hydroxyl groups is 1. The van der Waals surface area contributed by atoms with Gasteiger partial charge in [0.05, 0.1) is 14.2 Å². The number of carbonyl (C=O) groups excluding carboxylic acids is 1. The Hall–Kier alpha value is -1.75. The lowest BCUT2D eigenvalue weighted by Gasteiger charge is -2.12. The van der Waals surface area contributed by atoms with Crippen LogP contribution in [0.3, 0.4) is 0 Å². The van der Waals surface area contributed by atoms with E-state index < -0.39 is 12.0 Å². The van der Waals surface area contributed by atoms with Crippen LogP contribution in [0.1, 0.15) is 11.6 Å². The zero-order chi connectivity index (χ0) is 11.4. The number of phenolic OH excluding ortho intramolecular Hbond substituents is 1. The number of ether oxygens (including phenoxy) is 2. The predicted molar refractivity (Wildman–Crippen MR) is 53.6 cm³/mol. The van der Waals surface area contributed by atoms with Crippen molar-refractivity contribution in [1.29, 1.82) is 0 Å². The molecule has 1 atom stereocenters. The molecule has 1 aromatic carbocycles. The van der Waals surface area contributed by atoms with E-state index in [1.807, 2.05) is 0 Å². The second-order valence-corrected chi connectivity index (χ2v) is 2.93. The van der Waals surface area contributed by atoms with Gasteiger partial charge in [-0.3, -0.25) is 4.79 Å². The summed E-state index contributed by atoms with van der Waals surface area (Å²) in [6.45, 7) is 0. The van der Waals surface area contributed by atoms with Crippen LogP contribution in [0.5, 0.6) is 11.5 Å². The summed E-state index contributed by atoms with van der Waals surface area (Å²) in [7, 11) is 2.72. The average molecular weight is 211 g/mol. The average Bonchev–Trinajstić information content (AvgIpc) is 2.27. The smallest absolute Gasteiger partial charge is 0.327 e. The van der Waals surface area contributed by atoms with E-state index in [1.54, 1.807) is 6.07 Å². The van der Waals surface area contributed by atoms with Crippen LogP contribution in [0.25, 0.3) is 0 Å². The van der Waals surface area contributed by atoms with E-state index in [1.165, 1.54) is 26.4 Å². The summed E-state index contributed by atoms with van der Waals surface area (Å²) in [5, 5.41) is 9.50. The van der Waals surface area contributed by atoms with Crippen molar-refractivity contribution in [2.45, 2.75) is 6.04 Å². The lowest BCUT2D eigenvalue weighted by Crippen LogP contribution is -2.22. The first-order valence-corrected chi connectivity index (χ1v) is 4.30. The minimum atomic E-state index is -1.01. The van der Waals surface area contributed by atoms with Gasteiger partial charge in [0.1, 0.15) is 17.5 Å². The third kappa shape index (κ3) is 2.38. The fourth-order valence-electron chi connectivity index (χ4n) is 1.16. The Balaban J connectivity index is 3.06. The van der Waals surface area contributed by atoms with Crippen LogP contribution in [-0.4, -0.2) is 25.3 Å². The number of esters is 1. The van der Waals surface area contributed by atoms with Gasteiger partial charge in [-0.1, -0.05) is 0 Å². The largest absolute Gasteiger partial charge is 0.508 e. The molecule has 0 radical (unpaired) electrons. The van der Waals surface area contributed by atoms with Gasteiger partial charge in [-0.15, -0.1) is 0 Å². The van der Waals surface area contributed by atoms with Crippen molar-refractivity contribution in [2.24, 2.45) is 5.73 Å². The van der Waals surface area contributed by atoms with Crippen molar-refractivity contribution >= 4 is 5.97 Å². The molecule has 0 amide bonds. The number of carbonyl (C=O) groups is 1. The highest BCUT2D eigenvalue weighted by atomic mass is 16.5. The Kier molecular flexibility index (Phi) is 3.51. The molecule has 15 heavy (non-hydrogen) atoms. The molecule has 5 heteroatoms. The number of benzene rings is 1. The number of nitrogens with two attached hydrogens (primary N) is 1. The van der Waals surface area contributed by atoms with Gasteiger partial charge < -0.3 is 20.3 Å². The van der Waals surface area contributed by atoms with Gasteiger partial charge in [0, 0.05) is 5.56 Å². The summed E-state index contributed by atoms with van der Waals surface area (Å²) >= 11 is 0. The number of rotatable bonds is 3. The van der Waals surface area contributed by atoms with Gasteiger partial charge in [-0.2, -0.15) is 0 Å². The molecule has 0 spiro atoms. The summed E-state index contributed by atoms with van der Waals surface area (Å²) in [6.07, 6.45) is 0. The van der Waals surface area contributed by atoms with E-state index in [4.69, 9.17) is 10.5 Å². The summed E-state index contributed by atoms with van der Waals surface area (Å²) < 4.78 is 9.43. The van der Waals surface area contributed by atoms with Gasteiger partial charge in [0.25, 0.3) is 0 Å². The molecule has 0 aliphatic rings. The van der Waals surface area contributed by atoms with Crippen LogP contribution in [0.15, 0.2) is 18.2 Å². The molecule has 1 rings (SSSR count). The molecular weight excluding hydrogens is 198 g/mol. The molecule has 3 N–H and O–H groups in total. The molecule has 0 aliphatic heterocycles. The first kappa shape index (κ1) is 11.3. The van der Waals surface area contributed by atoms with Gasteiger partial charge in [0.2, 0.25) is 0 Å². The Morgan fingerprint density at radius 1 is 1.47 bits per heavy atom. The fourth-order valence-corrected chi connectivity index (χ4v) is 1.16. The lowest BCUT2D eigenvalue weighted by molar-refractivity contribution is -0.142. The molecule has 0 bridgehead atoms. The van der Waals surface area contributed by atoms with Crippen molar-refractivity contribution in [2.75, 3.05) is 14.2 Å². The minimum absolute atomic E-state index is 0.0614. The molecule has 0 saturated carbocycles. The van der Waals surface area contributed by atoms with Crippen molar-refractivity contribution < 1.29 is 19.4 Å². The zero-order valence-electron chi connectivity index (χ0n) is 8.56. The number of hydrogen-bond donors (Lipinski definition) is 2. The number of methoxy groups -OCH3 is 2. The molecule has 0 aromatic heterocycles. The van der Waals surface area contributed by atoms with Gasteiger partial charge in [-0.05, 0) is 18.2 Å². The highest BCUT2D eigenvalue weighted by molar-refractivity contribution is 5.78. The fraction of sp³-hybridized carbons (Fsp3) is 0.300. The van der Waals surface area contributed by atoms with Gasteiger partial charge in [0.15, 0.2) is 0 Å². The van der Waals surface area contributed by atoms with Crippen LogP contribution in [0.4, 0.5) is 0 Å². The third-order valence-corrected chi connectivity index (χ3v) is 2.02. The molecule has 0 saturated heterocycles. The number of hydrogen-bond acceptors (Lipinski definition) is 5. The first-order valence-electron chi connectivity index (χ1n) is 4.30. The molecule has 0 fully saturated rings. The quantitative estimate of drug-likeness (QED) is 0.714. The molecule has 5 nitrogen and oxygen atoms in total. The minimum Gasteiger partial charge on any atom is -0.508 e. The van der Waals surface area contributed by atoms with Crippen LogP contribution in [0, 0.1) is 0 Å². The molecule has 0 unspecified atom stereocenters. The number of phenols is 1. The monoisotopic (exact) mass is 211 g/mol. The van der Waals surface area contributed by atoms with Crippen molar-refractivity contribution in [3.8, 4) is 11.5 Å². The summed E-state index contributed by atoms with van der Waals surface area (Å²) in [5.41, 5.74) is 5.86. The second-order valence-electron chi connectivity index (χ2n) is 2.93. The maximum Gasteiger partial charge on any atom is 0.327 e. The van der Waals surface area contributed by atoms with E-state index in [0.717, 1.165) is 0 Å². The SMILES string of the molecule is COC(=O)[C@@H](N)c1cc(OC)ccc1O. The van der Waals surface area contributed by atoms with Crippen molar-refractivity contribution in [1.82, 2.24) is 0 Å². The highest BCUT2D eigenvalue weighted by Gasteiger charge is 2.20. The highest BCUT2D eigenvalue weighted by Crippen LogP contribution is 2.27. The summed E-state index contributed by atoms with van der Waals surface area (Å²) in [6, 6.07) is 3.47. The zero-order valence-corrected chi connectivity index (χ0v) is 8.56. The Labute approximate surface area is 87.4 Å². The second kappa shape index (κ2) is 4.65. The third-order valence-electron chi connectivity index (χ3n) is 2.02. The van der Waals surface area contributed by atoms with E-state index in [2.05, 4.69) is 4.74 Å². The van der Waals surface area contributed by atoms with Gasteiger partial charge >= 0.3 is 5.97 Å². The maximum absolute atomic E-state index is 11.2. The molecule has 1 aromatic rings. The van der Waals surface area contributed by atoms with Crippen LogP contribution < -0.4 is 10.5 Å². The standard InChI is InChI=1S/C10H13NO4/c1-14-6-3-4-8(12)7(5-6)9(11)10(13)15-2/h3-5,9,12H,11H2,1-2H3/t9-/m0/s1. The lowest BCUT2D eigenvalue weighted by atomic mass is 10.1. The maximum atomic E-state index is 11.2.